The molecule has 0 aliphatic carbocycles. The summed E-state index contributed by atoms with van der Waals surface area (Å²) in [5.41, 5.74) is 1.21. The Kier molecular flexibility index (Phi) is 4.35. The molecule has 2 unspecified atom stereocenters. The molecule has 0 saturated carbocycles. The molecular formula is C15H17FN2O2. The van der Waals surface area contributed by atoms with Crippen molar-refractivity contribution < 1.29 is 14.3 Å². The third-order valence-electron chi connectivity index (χ3n) is 3.79. The Bertz CT molecular complexity index is 553. The molecule has 1 N–H and O–H groups in total. The van der Waals surface area contributed by atoms with Crippen molar-refractivity contribution in [1.82, 2.24) is 4.90 Å². The minimum atomic E-state index is -0.818. The highest BCUT2D eigenvalue weighted by atomic mass is 19.1. The molecule has 1 aromatic rings. The zero-order valence-corrected chi connectivity index (χ0v) is 11.3. The minimum absolute atomic E-state index is 0.299. The fourth-order valence-corrected chi connectivity index (χ4v) is 2.65. The van der Waals surface area contributed by atoms with Crippen molar-refractivity contribution >= 4 is 5.97 Å². The number of carbonyl (C=O) groups is 1. The molecule has 4 nitrogen and oxygen atoms in total. The van der Waals surface area contributed by atoms with Crippen LogP contribution < -0.4 is 0 Å². The predicted octanol–water partition coefficient (Wildman–Crippen LogP) is 2.50. The molecule has 1 saturated heterocycles. The van der Waals surface area contributed by atoms with E-state index in [-0.39, 0.29) is 5.82 Å². The number of carboxylic acids is 1. The minimum Gasteiger partial charge on any atom is -0.481 e. The van der Waals surface area contributed by atoms with Crippen LogP contribution in [0.5, 0.6) is 0 Å². The van der Waals surface area contributed by atoms with E-state index in [0.29, 0.717) is 25.1 Å². The van der Waals surface area contributed by atoms with Crippen LogP contribution in [0.15, 0.2) is 18.2 Å². The fraction of sp³-hybridized carbons (Fsp3) is 0.467. The highest BCUT2D eigenvalue weighted by molar-refractivity contribution is 5.70. The van der Waals surface area contributed by atoms with Gasteiger partial charge in [-0.1, -0.05) is 12.1 Å². The molecule has 2 atom stereocenters. The number of hydrogen-bond acceptors (Lipinski definition) is 3. The number of benzene rings is 1. The SMILES string of the molecule is Cc1cc(C(C#N)N2CCCC(C(=O)O)C2)ccc1F. The van der Waals surface area contributed by atoms with Crippen LogP contribution in [0.1, 0.15) is 30.0 Å². The molecule has 5 heteroatoms. The monoisotopic (exact) mass is 276 g/mol. The first kappa shape index (κ1) is 14.5. The molecule has 106 valence electrons. The number of likely N-dealkylation sites (tertiary alicyclic amines) is 1. The first-order valence-corrected chi connectivity index (χ1v) is 6.65. The zero-order valence-electron chi connectivity index (χ0n) is 11.3. The van der Waals surface area contributed by atoms with Crippen LogP contribution in [0.25, 0.3) is 0 Å². The molecule has 2 rings (SSSR count). The summed E-state index contributed by atoms with van der Waals surface area (Å²) in [6, 6.07) is 6.30. The van der Waals surface area contributed by atoms with Crippen molar-refractivity contribution in [3.63, 3.8) is 0 Å². The molecule has 0 spiro atoms. The van der Waals surface area contributed by atoms with Gasteiger partial charge in [0.1, 0.15) is 11.9 Å². The second-order valence-electron chi connectivity index (χ2n) is 5.21. The zero-order chi connectivity index (χ0) is 14.7. The van der Waals surface area contributed by atoms with Gasteiger partial charge in [0.05, 0.1) is 12.0 Å². The van der Waals surface area contributed by atoms with Gasteiger partial charge in [-0.3, -0.25) is 9.69 Å². The first-order chi connectivity index (χ1) is 9.52. The molecule has 0 radical (unpaired) electrons. The van der Waals surface area contributed by atoms with Crippen LogP contribution in [-0.4, -0.2) is 29.1 Å². The number of halogens is 1. The third kappa shape index (κ3) is 2.97. The molecule has 0 amide bonds. The van der Waals surface area contributed by atoms with Gasteiger partial charge < -0.3 is 5.11 Å². The van der Waals surface area contributed by atoms with E-state index in [2.05, 4.69) is 6.07 Å². The van der Waals surface area contributed by atoms with Gasteiger partial charge >= 0.3 is 5.97 Å². The van der Waals surface area contributed by atoms with Crippen molar-refractivity contribution in [2.24, 2.45) is 5.92 Å². The van der Waals surface area contributed by atoms with Crippen molar-refractivity contribution in [2.45, 2.75) is 25.8 Å². The molecule has 0 aromatic heterocycles. The van der Waals surface area contributed by atoms with Crippen molar-refractivity contribution in [1.29, 1.82) is 5.26 Å². The van der Waals surface area contributed by atoms with Gasteiger partial charge in [-0.05, 0) is 43.5 Å². The van der Waals surface area contributed by atoms with Crippen molar-refractivity contribution in [3.8, 4) is 6.07 Å². The number of hydrogen-bond donors (Lipinski definition) is 1. The van der Waals surface area contributed by atoms with E-state index in [9.17, 15) is 14.4 Å². The van der Waals surface area contributed by atoms with E-state index in [4.69, 9.17) is 5.11 Å². The molecule has 1 fully saturated rings. The van der Waals surface area contributed by atoms with E-state index < -0.39 is 17.9 Å². The van der Waals surface area contributed by atoms with Gasteiger partial charge in [-0.25, -0.2) is 4.39 Å². The summed E-state index contributed by atoms with van der Waals surface area (Å²) >= 11 is 0. The van der Waals surface area contributed by atoms with Crippen LogP contribution in [0.3, 0.4) is 0 Å². The molecule has 1 aliphatic heterocycles. The number of nitriles is 1. The maximum Gasteiger partial charge on any atom is 0.307 e. The van der Waals surface area contributed by atoms with Gasteiger partial charge in [0.2, 0.25) is 0 Å². The van der Waals surface area contributed by atoms with Crippen LogP contribution in [0.2, 0.25) is 0 Å². The molecular weight excluding hydrogens is 259 g/mol. The average molecular weight is 276 g/mol. The second kappa shape index (κ2) is 6.02. The predicted molar refractivity (Wildman–Crippen MR) is 71.4 cm³/mol. The molecule has 20 heavy (non-hydrogen) atoms. The third-order valence-corrected chi connectivity index (χ3v) is 3.79. The van der Waals surface area contributed by atoms with E-state index >= 15 is 0 Å². The van der Waals surface area contributed by atoms with Crippen LogP contribution in [-0.2, 0) is 4.79 Å². The molecule has 1 aromatic carbocycles. The molecule has 0 bridgehead atoms. The summed E-state index contributed by atoms with van der Waals surface area (Å²) in [6.07, 6.45) is 1.40. The Morgan fingerprint density at radius 1 is 1.60 bits per heavy atom. The number of aliphatic carboxylic acids is 1. The Labute approximate surface area is 117 Å². The van der Waals surface area contributed by atoms with Crippen LogP contribution in [0, 0.1) is 30.0 Å². The van der Waals surface area contributed by atoms with E-state index in [0.717, 1.165) is 12.0 Å². The van der Waals surface area contributed by atoms with Gasteiger partial charge in [0, 0.05) is 6.54 Å². The Balaban J connectivity index is 2.21. The quantitative estimate of drug-likeness (QED) is 0.921. The lowest BCUT2D eigenvalue weighted by molar-refractivity contribution is -0.143. The smallest absolute Gasteiger partial charge is 0.307 e. The van der Waals surface area contributed by atoms with E-state index in [1.54, 1.807) is 19.1 Å². The van der Waals surface area contributed by atoms with Crippen LogP contribution >= 0.6 is 0 Å². The highest BCUT2D eigenvalue weighted by Crippen LogP contribution is 2.27. The Morgan fingerprint density at radius 2 is 2.35 bits per heavy atom. The topological polar surface area (TPSA) is 64.3 Å². The lowest BCUT2D eigenvalue weighted by atomic mass is 9.95. The summed E-state index contributed by atoms with van der Waals surface area (Å²) in [4.78, 5) is 13.0. The summed E-state index contributed by atoms with van der Waals surface area (Å²) in [6.45, 7) is 2.71. The number of carboxylic acid groups (broad SMARTS) is 1. The summed E-state index contributed by atoms with van der Waals surface area (Å²) in [7, 11) is 0. The van der Waals surface area contributed by atoms with Crippen molar-refractivity contribution in [3.05, 3.63) is 35.1 Å². The Morgan fingerprint density at radius 3 is 2.95 bits per heavy atom. The number of aryl methyl sites for hydroxylation is 1. The van der Waals surface area contributed by atoms with Crippen molar-refractivity contribution in [2.75, 3.05) is 13.1 Å². The number of nitrogens with zero attached hydrogens (tertiary/aromatic N) is 2. The van der Waals surface area contributed by atoms with Gasteiger partial charge in [0.15, 0.2) is 0 Å². The largest absolute Gasteiger partial charge is 0.481 e. The van der Waals surface area contributed by atoms with Gasteiger partial charge in [-0.15, -0.1) is 0 Å². The number of rotatable bonds is 3. The summed E-state index contributed by atoms with van der Waals surface area (Å²) in [5.74, 6) is -1.55. The maximum atomic E-state index is 13.3. The lowest BCUT2D eigenvalue weighted by Crippen LogP contribution is -2.40. The maximum absolute atomic E-state index is 13.3. The second-order valence-corrected chi connectivity index (χ2v) is 5.21. The van der Waals surface area contributed by atoms with Gasteiger partial charge in [0.25, 0.3) is 0 Å². The molecule has 1 heterocycles. The molecule has 1 aliphatic rings. The lowest BCUT2D eigenvalue weighted by Gasteiger charge is -2.34. The van der Waals surface area contributed by atoms with Gasteiger partial charge in [-0.2, -0.15) is 5.26 Å². The normalized spacial score (nSPS) is 21.1. The fourth-order valence-electron chi connectivity index (χ4n) is 2.65. The standard InChI is InChI=1S/C15H17FN2O2/c1-10-7-11(4-5-13(10)16)14(8-17)18-6-2-3-12(9-18)15(19)20/h4-5,7,12,14H,2-3,6,9H2,1H3,(H,19,20). The summed E-state index contributed by atoms with van der Waals surface area (Å²) < 4.78 is 13.3. The van der Waals surface area contributed by atoms with Crippen LogP contribution in [0.4, 0.5) is 4.39 Å². The van der Waals surface area contributed by atoms with E-state index in [1.165, 1.54) is 6.07 Å². The Hall–Kier alpha value is -1.93. The average Bonchev–Trinajstić information content (AvgIpc) is 2.44. The summed E-state index contributed by atoms with van der Waals surface area (Å²) in [5, 5.41) is 18.5. The first-order valence-electron chi connectivity index (χ1n) is 6.65. The van der Waals surface area contributed by atoms with E-state index in [1.807, 2.05) is 4.90 Å². The number of piperidine rings is 1. The highest BCUT2D eigenvalue weighted by Gasteiger charge is 2.30.